The number of alkyl halides is 4. The van der Waals surface area contributed by atoms with E-state index in [4.69, 9.17) is 0 Å². The molecule has 1 aromatic heterocycles. The van der Waals surface area contributed by atoms with Crippen molar-refractivity contribution in [3.8, 4) is 0 Å². The first-order chi connectivity index (χ1) is 5.61. The van der Waals surface area contributed by atoms with Gasteiger partial charge in [-0.15, -0.1) is 0 Å². The summed E-state index contributed by atoms with van der Waals surface area (Å²) in [6.45, 7) is 0. The van der Waals surface area contributed by atoms with Gasteiger partial charge in [0, 0.05) is 0 Å². The smallest absolute Gasteiger partial charge is 0.112 e. The SMILES string of the molecule is BrC(Br)c1cccc(C(Br)Br)n1. The summed E-state index contributed by atoms with van der Waals surface area (Å²) in [5, 5.41) is 0. The molecule has 66 valence electrons. The molecule has 0 aliphatic heterocycles. The van der Waals surface area contributed by atoms with Gasteiger partial charge in [0.15, 0.2) is 0 Å². The quantitative estimate of drug-likeness (QED) is 0.632. The van der Waals surface area contributed by atoms with Gasteiger partial charge >= 0.3 is 0 Å². The second-order valence-electron chi connectivity index (χ2n) is 2.09. The molecular weight excluding hydrogens is 418 g/mol. The van der Waals surface area contributed by atoms with E-state index in [0.29, 0.717) is 0 Å². The molecule has 0 aliphatic carbocycles. The molecule has 0 spiro atoms. The van der Waals surface area contributed by atoms with Crippen molar-refractivity contribution in [3.05, 3.63) is 29.6 Å². The fourth-order valence-electron chi connectivity index (χ4n) is 0.712. The van der Waals surface area contributed by atoms with E-state index in [1.54, 1.807) is 0 Å². The molecule has 0 saturated heterocycles. The molecule has 1 aromatic rings. The lowest BCUT2D eigenvalue weighted by molar-refractivity contribution is 1.10. The number of rotatable bonds is 2. The molecule has 0 saturated carbocycles. The minimum absolute atomic E-state index is 0.115. The zero-order chi connectivity index (χ0) is 9.14. The fraction of sp³-hybridized carbons (Fsp3) is 0.286. The Hall–Kier alpha value is 1.07. The molecule has 0 amide bonds. The highest BCUT2D eigenvalue weighted by Crippen LogP contribution is 2.31. The average Bonchev–Trinajstić information content (AvgIpc) is 2.04. The maximum Gasteiger partial charge on any atom is 0.112 e. The van der Waals surface area contributed by atoms with Crippen LogP contribution in [0.4, 0.5) is 0 Å². The number of hydrogen-bond donors (Lipinski definition) is 0. The summed E-state index contributed by atoms with van der Waals surface area (Å²) in [7, 11) is 0. The summed E-state index contributed by atoms with van der Waals surface area (Å²) >= 11 is 13.6. The predicted octanol–water partition coefficient (Wildman–Crippen LogP) is 4.66. The first-order valence-electron chi connectivity index (χ1n) is 3.14. The maximum atomic E-state index is 4.38. The van der Waals surface area contributed by atoms with Crippen molar-refractivity contribution < 1.29 is 0 Å². The number of nitrogens with zero attached hydrogens (tertiary/aromatic N) is 1. The average molecular weight is 423 g/mol. The van der Waals surface area contributed by atoms with Gasteiger partial charge in [-0.2, -0.15) is 0 Å². The molecule has 0 N–H and O–H groups in total. The molecule has 0 aliphatic rings. The number of pyridine rings is 1. The minimum atomic E-state index is 0.115. The van der Waals surface area contributed by atoms with E-state index < -0.39 is 0 Å². The summed E-state index contributed by atoms with van der Waals surface area (Å²) in [5.74, 6) is 0. The highest BCUT2D eigenvalue weighted by molar-refractivity contribution is 9.24. The molecule has 1 nitrogen and oxygen atoms in total. The van der Waals surface area contributed by atoms with Crippen LogP contribution >= 0.6 is 63.7 Å². The van der Waals surface area contributed by atoms with Crippen molar-refractivity contribution in [1.82, 2.24) is 4.98 Å². The molecule has 0 bridgehead atoms. The van der Waals surface area contributed by atoms with Gasteiger partial charge < -0.3 is 0 Å². The Morgan fingerprint density at radius 2 is 1.33 bits per heavy atom. The van der Waals surface area contributed by atoms with E-state index in [1.165, 1.54) is 0 Å². The molecule has 5 heteroatoms. The summed E-state index contributed by atoms with van der Waals surface area (Å²) in [5.41, 5.74) is 1.94. The highest BCUT2D eigenvalue weighted by atomic mass is 79.9. The molecule has 0 fully saturated rings. The summed E-state index contributed by atoms with van der Waals surface area (Å²) < 4.78 is 0.229. The Morgan fingerprint density at radius 1 is 0.917 bits per heavy atom. The van der Waals surface area contributed by atoms with E-state index in [9.17, 15) is 0 Å². The molecule has 0 atom stereocenters. The van der Waals surface area contributed by atoms with Crippen molar-refractivity contribution in [1.29, 1.82) is 0 Å². The molecule has 1 rings (SSSR count). The molecule has 12 heavy (non-hydrogen) atoms. The lowest BCUT2D eigenvalue weighted by atomic mass is 10.3. The summed E-state index contributed by atoms with van der Waals surface area (Å²) in [6, 6.07) is 5.89. The zero-order valence-corrected chi connectivity index (χ0v) is 12.2. The van der Waals surface area contributed by atoms with Crippen LogP contribution in [0, 0.1) is 0 Å². The summed E-state index contributed by atoms with van der Waals surface area (Å²) in [6.07, 6.45) is 0. The zero-order valence-electron chi connectivity index (χ0n) is 5.85. The van der Waals surface area contributed by atoms with E-state index in [2.05, 4.69) is 68.7 Å². The first-order valence-corrected chi connectivity index (χ1v) is 6.80. The van der Waals surface area contributed by atoms with Gasteiger partial charge in [0.1, 0.15) is 7.47 Å². The molecule has 1 heterocycles. The van der Waals surface area contributed by atoms with E-state index >= 15 is 0 Å². The van der Waals surface area contributed by atoms with Crippen LogP contribution in [-0.2, 0) is 0 Å². The first kappa shape index (κ1) is 11.1. The number of halogens is 4. The standard InChI is InChI=1S/C7H5Br4N/c8-6(9)4-2-1-3-5(12-4)7(10)11/h1-3,6-7H. The normalized spacial score (nSPS) is 11.2. The monoisotopic (exact) mass is 419 g/mol. The fourth-order valence-corrected chi connectivity index (χ4v) is 1.73. The second-order valence-corrected chi connectivity index (χ2v) is 8.21. The third kappa shape index (κ3) is 3.09. The topological polar surface area (TPSA) is 12.9 Å². The largest absolute Gasteiger partial charge is 0.254 e. The van der Waals surface area contributed by atoms with Crippen molar-refractivity contribution in [2.45, 2.75) is 7.47 Å². The van der Waals surface area contributed by atoms with Crippen LogP contribution in [0.2, 0.25) is 0 Å². The van der Waals surface area contributed by atoms with Crippen molar-refractivity contribution in [2.75, 3.05) is 0 Å². The van der Waals surface area contributed by atoms with Crippen molar-refractivity contribution in [3.63, 3.8) is 0 Å². The van der Waals surface area contributed by atoms with E-state index in [1.807, 2.05) is 18.2 Å². The van der Waals surface area contributed by atoms with Gasteiger partial charge in [0.25, 0.3) is 0 Å². The van der Waals surface area contributed by atoms with E-state index in [0.717, 1.165) is 11.4 Å². The minimum Gasteiger partial charge on any atom is -0.254 e. The van der Waals surface area contributed by atoms with Crippen LogP contribution in [0.25, 0.3) is 0 Å². The van der Waals surface area contributed by atoms with Crippen molar-refractivity contribution in [2.24, 2.45) is 0 Å². The van der Waals surface area contributed by atoms with Crippen molar-refractivity contribution >= 4 is 63.7 Å². The van der Waals surface area contributed by atoms with Crippen LogP contribution in [0.1, 0.15) is 18.9 Å². The van der Waals surface area contributed by atoms with Crippen LogP contribution < -0.4 is 0 Å². The molecule has 0 unspecified atom stereocenters. The number of aromatic nitrogens is 1. The predicted molar refractivity (Wildman–Crippen MR) is 65.4 cm³/mol. The van der Waals surface area contributed by atoms with Gasteiger partial charge in [-0.3, -0.25) is 4.98 Å². The lowest BCUT2D eigenvalue weighted by Crippen LogP contribution is -1.92. The summed E-state index contributed by atoms with van der Waals surface area (Å²) in [4.78, 5) is 4.38. The van der Waals surface area contributed by atoms with Gasteiger partial charge in [0.2, 0.25) is 0 Å². The van der Waals surface area contributed by atoms with Crippen LogP contribution in [0.15, 0.2) is 18.2 Å². The Morgan fingerprint density at radius 3 is 1.67 bits per heavy atom. The van der Waals surface area contributed by atoms with Gasteiger partial charge in [-0.25, -0.2) is 0 Å². The molecular formula is C7H5Br4N. The van der Waals surface area contributed by atoms with Gasteiger partial charge in [-0.05, 0) is 12.1 Å². The van der Waals surface area contributed by atoms with E-state index in [-0.39, 0.29) is 7.47 Å². The molecule has 0 aromatic carbocycles. The Kier molecular flexibility index (Phi) is 4.72. The van der Waals surface area contributed by atoms with Gasteiger partial charge in [-0.1, -0.05) is 69.8 Å². The van der Waals surface area contributed by atoms with Crippen LogP contribution in [0.5, 0.6) is 0 Å². The van der Waals surface area contributed by atoms with Crippen LogP contribution in [0.3, 0.4) is 0 Å². The molecule has 0 radical (unpaired) electrons. The third-order valence-electron chi connectivity index (χ3n) is 1.24. The second kappa shape index (κ2) is 5.08. The van der Waals surface area contributed by atoms with Crippen LogP contribution in [-0.4, -0.2) is 4.98 Å². The maximum absolute atomic E-state index is 4.38. The van der Waals surface area contributed by atoms with Gasteiger partial charge in [0.05, 0.1) is 11.4 Å². The number of hydrogen-bond acceptors (Lipinski definition) is 1. The Labute approximate surface area is 105 Å². The highest BCUT2D eigenvalue weighted by Gasteiger charge is 2.08. The Bertz CT molecular complexity index is 238. The third-order valence-corrected chi connectivity index (χ3v) is 3.12. The lowest BCUT2D eigenvalue weighted by Gasteiger charge is -2.05. The Balaban J connectivity index is 2.96.